The number of aromatic nitrogens is 2. The number of halogens is 1. The van der Waals surface area contributed by atoms with Crippen LogP contribution in [0.3, 0.4) is 0 Å². The van der Waals surface area contributed by atoms with Crippen LogP contribution in [0.15, 0.2) is 83.0 Å². The van der Waals surface area contributed by atoms with Crippen LogP contribution in [-0.4, -0.2) is 60.2 Å². The molecule has 0 unspecified atom stereocenters. The summed E-state index contributed by atoms with van der Waals surface area (Å²) in [5.74, 6) is -0.182. The Morgan fingerprint density at radius 2 is 1.75 bits per heavy atom. The van der Waals surface area contributed by atoms with Crippen molar-refractivity contribution in [3.8, 4) is 16.9 Å². The third-order valence-electron chi connectivity index (χ3n) is 6.62. The second-order valence-electron chi connectivity index (χ2n) is 9.39. The monoisotopic (exact) mass is 596 g/mol. The van der Waals surface area contributed by atoms with Crippen LogP contribution in [0, 0.1) is 13.8 Å². The summed E-state index contributed by atoms with van der Waals surface area (Å²) in [5.41, 5.74) is 4.90. The maximum atomic E-state index is 13.2. The molecule has 2 heterocycles. The van der Waals surface area contributed by atoms with Gasteiger partial charge in [-0.2, -0.15) is 4.31 Å². The smallest absolute Gasteiger partial charge is 0.243 e. The predicted molar refractivity (Wildman–Crippen MR) is 159 cm³/mol. The Hall–Kier alpha value is -3.15. The molecule has 5 rings (SSSR count). The van der Waals surface area contributed by atoms with Gasteiger partial charge < -0.3 is 10.1 Å². The topological polar surface area (TPSA) is 93.5 Å². The lowest BCUT2D eigenvalue weighted by atomic mass is 10.1. The molecule has 1 aromatic heterocycles. The molecule has 0 atom stereocenters. The Morgan fingerprint density at radius 1 is 1.02 bits per heavy atom. The molecule has 0 aliphatic carbocycles. The fourth-order valence-corrected chi connectivity index (χ4v) is 7.09. The van der Waals surface area contributed by atoms with E-state index in [0.717, 1.165) is 22.5 Å². The predicted octanol–water partition coefficient (Wildman–Crippen LogP) is 5.56. The molecule has 1 aliphatic heterocycles. The molecule has 1 aliphatic rings. The summed E-state index contributed by atoms with van der Waals surface area (Å²) in [4.78, 5) is 17.8. The molecule has 0 spiro atoms. The van der Waals surface area contributed by atoms with Crippen molar-refractivity contribution in [2.75, 3.05) is 37.4 Å². The number of morpholine rings is 1. The number of carbonyl (C=O) groups excluding carboxylic acids is 1. The second kappa shape index (κ2) is 12.2. The number of hydrogen-bond donors (Lipinski definition) is 1. The summed E-state index contributed by atoms with van der Waals surface area (Å²) in [6, 6.07) is 20.5. The lowest BCUT2D eigenvalue weighted by molar-refractivity contribution is -0.113. The molecule has 1 fully saturated rings. The van der Waals surface area contributed by atoms with Crippen LogP contribution in [0.25, 0.3) is 16.9 Å². The summed E-state index contributed by atoms with van der Waals surface area (Å²) >= 11 is 7.41. The minimum Gasteiger partial charge on any atom is -0.379 e. The van der Waals surface area contributed by atoms with E-state index in [2.05, 4.69) is 10.3 Å². The molecule has 208 valence electrons. The first-order valence-corrected chi connectivity index (χ1v) is 15.6. The molecule has 0 radical (unpaired) electrons. The van der Waals surface area contributed by atoms with Gasteiger partial charge in [-0.05, 0) is 55.3 Å². The summed E-state index contributed by atoms with van der Waals surface area (Å²) in [7, 11) is -3.70. The van der Waals surface area contributed by atoms with Crippen molar-refractivity contribution in [1.82, 2.24) is 13.9 Å². The zero-order chi connectivity index (χ0) is 28.3. The van der Waals surface area contributed by atoms with Crippen LogP contribution in [-0.2, 0) is 19.6 Å². The van der Waals surface area contributed by atoms with Gasteiger partial charge in [0.15, 0.2) is 5.16 Å². The number of rotatable bonds is 8. The van der Waals surface area contributed by atoms with Gasteiger partial charge in [0.2, 0.25) is 15.9 Å². The zero-order valence-electron chi connectivity index (χ0n) is 22.1. The van der Waals surface area contributed by atoms with Crippen molar-refractivity contribution < 1.29 is 17.9 Å². The highest BCUT2D eigenvalue weighted by Gasteiger charge is 2.28. The molecule has 1 amide bonds. The lowest BCUT2D eigenvalue weighted by Gasteiger charge is -2.26. The van der Waals surface area contributed by atoms with E-state index in [-0.39, 0.29) is 16.6 Å². The standard InChI is InChI=1S/C29H29ClN4O4S2/c1-20-5-3-4-6-25(20)34-26(22-8-10-23(30)11-9-22)18-31-29(34)39-19-28(35)32-24-12-7-21(2)27(17-24)40(36,37)33-13-15-38-16-14-33/h3-12,17-18H,13-16,19H2,1-2H3,(H,32,35). The number of amides is 1. The van der Waals surface area contributed by atoms with Gasteiger partial charge in [0.05, 0.1) is 41.4 Å². The largest absolute Gasteiger partial charge is 0.379 e. The number of ether oxygens (including phenoxy) is 1. The van der Waals surface area contributed by atoms with Crippen molar-refractivity contribution in [1.29, 1.82) is 0 Å². The summed E-state index contributed by atoms with van der Waals surface area (Å²) in [6.07, 6.45) is 1.79. The molecule has 11 heteroatoms. The first kappa shape index (κ1) is 28.4. The zero-order valence-corrected chi connectivity index (χ0v) is 24.5. The third-order valence-corrected chi connectivity index (χ3v) is 9.86. The normalized spacial score (nSPS) is 14.3. The molecular weight excluding hydrogens is 568 g/mol. The number of sulfonamides is 1. The number of para-hydroxylation sites is 1. The van der Waals surface area contributed by atoms with Crippen molar-refractivity contribution in [2.24, 2.45) is 0 Å². The highest BCUT2D eigenvalue weighted by atomic mass is 35.5. The van der Waals surface area contributed by atoms with Gasteiger partial charge in [-0.3, -0.25) is 9.36 Å². The van der Waals surface area contributed by atoms with Crippen LogP contribution in [0.1, 0.15) is 11.1 Å². The number of benzene rings is 3. The number of hydrogen-bond acceptors (Lipinski definition) is 6. The van der Waals surface area contributed by atoms with Crippen LogP contribution < -0.4 is 5.32 Å². The first-order valence-electron chi connectivity index (χ1n) is 12.7. The van der Waals surface area contributed by atoms with Gasteiger partial charge in [0.1, 0.15) is 0 Å². The van der Waals surface area contributed by atoms with Crippen LogP contribution in [0.2, 0.25) is 5.02 Å². The van der Waals surface area contributed by atoms with Crippen LogP contribution >= 0.6 is 23.4 Å². The summed E-state index contributed by atoms with van der Waals surface area (Å²) < 4.78 is 35.2. The van der Waals surface area contributed by atoms with E-state index in [4.69, 9.17) is 16.3 Å². The molecule has 8 nitrogen and oxygen atoms in total. The number of anilines is 1. The first-order chi connectivity index (χ1) is 19.2. The van der Waals surface area contributed by atoms with Crippen molar-refractivity contribution in [3.05, 3.63) is 89.1 Å². The Kier molecular flexibility index (Phi) is 8.62. The molecule has 1 saturated heterocycles. The van der Waals surface area contributed by atoms with Crippen molar-refractivity contribution in [3.63, 3.8) is 0 Å². The Morgan fingerprint density at radius 3 is 2.48 bits per heavy atom. The van der Waals surface area contributed by atoms with Crippen LogP contribution in [0.4, 0.5) is 5.69 Å². The summed E-state index contributed by atoms with van der Waals surface area (Å²) in [6.45, 7) is 5.12. The number of nitrogens with one attached hydrogen (secondary N) is 1. The van der Waals surface area contributed by atoms with Gasteiger partial charge in [-0.25, -0.2) is 13.4 Å². The summed E-state index contributed by atoms with van der Waals surface area (Å²) in [5, 5.41) is 4.16. The van der Waals surface area contributed by atoms with E-state index in [1.54, 1.807) is 25.3 Å². The maximum Gasteiger partial charge on any atom is 0.243 e. The number of nitrogens with zero attached hydrogens (tertiary/aromatic N) is 3. The second-order valence-corrected chi connectivity index (χ2v) is 12.7. The Balaban J connectivity index is 1.36. The minimum absolute atomic E-state index is 0.0857. The van der Waals surface area contributed by atoms with Crippen LogP contribution in [0.5, 0.6) is 0 Å². The maximum absolute atomic E-state index is 13.2. The van der Waals surface area contributed by atoms with Gasteiger partial charge in [0.25, 0.3) is 0 Å². The average Bonchev–Trinajstić information content (AvgIpc) is 3.37. The Bertz CT molecular complexity index is 1630. The Labute approximate surface area is 243 Å². The average molecular weight is 597 g/mol. The number of imidazole rings is 1. The van der Waals surface area contributed by atoms with E-state index in [9.17, 15) is 13.2 Å². The fourth-order valence-electron chi connectivity index (χ4n) is 4.52. The molecule has 40 heavy (non-hydrogen) atoms. The minimum atomic E-state index is -3.70. The van der Waals surface area contributed by atoms with E-state index in [1.807, 2.05) is 60.0 Å². The van der Waals surface area contributed by atoms with Crippen molar-refractivity contribution >= 4 is 45.0 Å². The van der Waals surface area contributed by atoms with E-state index in [1.165, 1.54) is 22.1 Å². The molecular formula is C29H29ClN4O4S2. The third kappa shape index (κ3) is 6.11. The quantitative estimate of drug-likeness (QED) is 0.268. The number of thioether (sulfide) groups is 1. The van der Waals surface area contributed by atoms with Gasteiger partial charge in [0, 0.05) is 29.4 Å². The highest BCUT2D eigenvalue weighted by molar-refractivity contribution is 7.99. The molecule has 3 aromatic carbocycles. The van der Waals surface area contributed by atoms with E-state index >= 15 is 0 Å². The number of aryl methyl sites for hydroxylation is 2. The molecule has 0 saturated carbocycles. The van der Waals surface area contributed by atoms with Crippen molar-refractivity contribution in [2.45, 2.75) is 23.9 Å². The van der Waals surface area contributed by atoms with E-state index < -0.39 is 10.0 Å². The van der Waals surface area contributed by atoms with Gasteiger partial charge in [-0.15, -0.1) is 0 Å². The molecule has 4 aromatic rings. The molecule has 1 N–H and O–H groups in total. The van der Waals surface area contributed by atoms with Gasteiger partial charge in [-0.1, -0.05) is 59.8 Å². The highest BCUT2D eigenvalue weighted by Crippen LogP contribution is 2.32. The molecule has 0 bridgehead atoms. The van der Waals surface area contributed by atoms with Gasteiger partial charge >= 0.3 is 0 Å². The lowest BCUT2D eigenvalue weighted by Crippen LogP contribution is -2.40. The fraction of sp³-hybridized carbons (Fsp3) is 0.241. The SMILES string of the molecule is Cc1ccccc1-n1c(-c2ccc(Cl)cc2)cnc1SCC(=O)Nc1ccc(C)c(S(=O)(=O)N2CCOCC2)c1. The van der Waals surface area contributed by atoms with E-state index in [0.29, 0.717) is 47.7 Å². The number of carbonyl (C=O) groups is 1.